The minimum atomic E-state index is 0.738. The highest BCUT2D eigenvalue weighted by molar-refractivity contribution is 5.82. The molecule has 0 aliphatic heterocycles. The number of rotatable bonds is 12. The van der Waals surface area contributed by atoms with E-state index in [1.165, 1.54) is 68.9 Å². The SMILES string of the molecule is C=CCCCCCc1ccc(C=NN=Cc2ccc([C@H]3CC[C@H](CCC)CC3)cc2)cc1. The Hall–Kier alpha value is -2.48. The monoisotopic (exact) mass is 428 g/mol. The van der Waals surface area contributed by atoms with Crippen LogP contribution in [-0.4, -0.2) is 12.4 Å². The van der Waals surface area contributed by atoms with Crippen LogP contribution in [0.25, 0.3) is 0 Å². The van der Waals surface area contributed by atoms with Gasteiger partial charge in [0.05, 0.1) is 12.4 Å². The topological polar surface area (TPSA) is 24.7 Å². The van der Waals surface area contributed by atoms with E-state index in [9.17, 15) is 0 Å². The van der Waals surface area contributed by atoms with E-state index in [0.717, 1.165) is 35.8 Å². The molecule has 0 atom stereocenters. The summed E-state index contributed by atoms with van der Waals surface area (Å²) in [5.41, 5.74) is 5.08. The van der Waals surface area contributed by atoms with Gasteiger partial charge in [0.2, 0.25) is 0 Å². The van der Waals surface area contributed by atoms with Crippen LogP contribution in [0.2, 0.25) is 0 Å². The third kappa shape index (κ3) is 8.22. The van der Waals surface area contributed by atoms with Gasteiger partial charge in [0, 0.05) is 0 Å². The summed E-state index contributed by atoms with van der Waals surface area (Å²) in [6.45, 7) is 6.09. The van der Waals surface area contributed by atoms with Crippen molar-refractivity contribution in [3.63, 3.8) is 0 Å². The molecular formula is C30H40N2. The second-order valence-electron chi connectivity index (χ2n) is 9.29. The molecule has 1 fully saturated rings. The first-order valence-electron chi connectivity index (χ1n) is 12.6. The van der Waals surface area contributed by atoms with E-state index in [4.69, 9.17) is 0 Å². The second-order valence-corrected chi connectivity index (χ2v) is 9.29. The highest BCUT2D eigenvalue weighted by Crippen LogP contribution is 2.37. The van der Waals surface area contributed by atoms with Crippen molar-refractivity contribution in [2.45, 2.75) is 83.5 Å². The fourth-order valence-electron chi connectivity index (χ4n) is 4.81. The van der Waals surface area contributed by atoms with Crippen LogP contribution in [0.1, 0.15) is 99.3 Å². The van der Waals surface area contributed by atoms with Gasteiger partial charge in [-0.15, -0.1) is 6.58 Å². The molecule has 0 saturated heterocycles. The molecular weight excluding hydrogens is 388 g/mol. The average Bonchev–Trinajstić information content (AvgIpc) is 2.84. The Labute approximate surface area is 195 Å². The van der Waals surface area contributed by atoms with E-state index in [0.29, 0.717) is 0 Å². The molecule has 2 aromatic carbocycles. The van der Waals surface area contributed by atoms with Gasteiger partial charge in [-0.05, 0) is 85.5 Å². The summed E-state index contributed by atoms with van der Waals surface area (Å²) in [6, 6.07) is 17.6. The van der Waals surface area contributed by atoms with Crippen molar-refractivity contribution in [2.24, 2.45) is 16.1 Å². The predicted octanol–water partition coefficient (Wildman–Crippen LogP) is 8.50. The molecule has 0 unspecified atom stereocenters. The van der Waals surface area contributed by atoms with Gasteiger partial charge < -0.3 is 0 Å². The number of allylic oxidation sites excluding steroid dienone is 1. The van der Waals surface area contributed by atoms with Gasteiger partial charge in [0.1, 0.15) is 0 Å². The Bertz CT molecular complexity index is 837. The van der Waals surface area contributed by atoms with Crippen molar-refractivity contribution in [3.8, 4) is 0 Å². The number of nitrogens with zero attached hydrogens (tertiary/aromatic N) is 2. The Morgan fingerprint density at radius 2 is 1.44 bits per heavy atom. The Balaban J connectivity index is 1.42. The van der Waals surface area contributed by atoms with Crippen molar-refractivity contribution in [3.05, 3.63) is 83.4 Å². The normalized spacial score (nSPS) is 19.0. The van der Waals surface area contributed by atoms with E-state index in [-0.39, 0.29) is 0 Å². The van der Waals surface area contributed by atoms with Crippen LogP contribution in [0.15, 0.2) is 71.4 Å². The van der Waals surface area contributed by atoms with E-state index in [2.05, 4.69) is 72.2 Å². The van der Waals surface area contributed by atoms with E-state index in [1.807, 2.05) is 18.5 Å². The minimum absolute atomic E-state index is 0.738. The van der Waals surface area contributed by atoms with E-state index in [1.54, 1.807) is 0 Å². The number of aryl methyl sites for hydroxylation is 1. The minimum Gasteiger partial charge on any atom is -0.159 e. The molecule has 0 aromatic heterocycles. The lowest BCUT2D eigenvalue weighted by atomic mass is 9.77. The summed E-state index contributed by atoms with van der Waals surface area (Å²) in [7, 11) is 0. The average molecular weight is 429 g/mol. The first-order valence-corrected chi connectivity index (χ1v) is 12.6. The Morgan fingerprint density at radius 1 is 0.812 bits per heavy atom. The molecule has 2 heteroatoms. The fraction of sp³-hybridized carbons (Fsp3) is 0.467. The molecule has 170 valence electrons. The molecule has 0 amide bonds. The number of benzene rings is 2. The molecule has 0 N–H and O–H groups in total. The Morgan fingerprint density at radius 3 is 2.03 bits per heavy atom. The summed E-state index contributed by atoms with van der Waals surface area (Å²) in [4.78, 5) is 0. The lowest BCUT2D eigenvalue weighted by molar-refractivity contribution is 0.308. The fourth-order valence-corrected chi connectivity index (χ4v) is 4.81. The molecule has 1 aliphatic carbocycles. The third-order valence-corrected chi connectivity index (χ3v) is 6.79. The highest BCUT2D eigenvalue weighted by atomic mass is 15.2. The van der Waals surface area contributed by atoms with Gasteiger partial charge >= 0.3 is 0 Å². The van der Waals surface area contributed by atoms with Gasteiger partial charge in [-0.3, -0.25) is 0 Å². The van der Waals surface area contributed by atoms with Gasteiger partial charge in [-0.2, -0.15) is 10.2 Å². The molecule has 2 nitrogen and oxygen atoms in total. The molecule has 2 aromatic rings. The molecule has 0 spiro atoms. The van der Waals surface area contributed by atoms with Crippen LogP contribution in [0.5, 0.6) is 0 Å². The quantitative estimate of drug-likeness (QED) is 0.140. The third-order valence-electron chi connectivity index (χ3n) is 6.79. The zero-order valence-corrected chi connectivity index (χ0v) is 19.9. The van der Waals surface area contributed by atoms with Crippen LogP contribution in [0.3, 0.4) is 0 Å². The summed E-state index contributed by atoms with van der Waals surface area (Å²) >= 11 is 0. The molecule has 3 rings (SSSR count). The predicted molar refractivity (Wildman–Crippen MR) is 140 cm³/mol. The van der Waals surface area contributed by atoms with Crippen molar-refractivity contribution >= 4 is 12.4 Å². The molecule has 32 heavy (non-hydrogen) atoms. The molecule has 0 bridgehead atoms. The molecule has 0 heterocycles. The molecule has 1 saturated carbocycles. The second kappa shape index (κ2) is 13.8. The van der Waals surface area contributed by atoms with Crippen LogP contribution < -0.4 is 0 Å². The molecule has 1 aliphatic rings. The van der Waals surface area contributed by atoms with Gasteiger partial charge in [0.25, 0.3) is 0 Å². The summed E-state index contributed by atoms with van der Waals surface area (Å²) < 4.78 is 0. The van der Waals surface area contributed by atoms with E-state index >= 15 is 0 Å². The standard InChI is InChI=1S/C30H40N2/c1-3-5-6-7-8-10-26-11-13-27(14-12-26)23-31-32-24-28-17-21-30(22-18-28)29-19-15-25(9-4-2)16-20-29/h3,11-14,17-18,21-25,29H,1,4-10,15-16,19-20H2,2H3/t25-,29-. The zero-order valence-electron chi connectivity index (χ0n) is 19.9. The maximum atomic E-state index is 4.25. The number of unbranched alkanes of at least 4 members (excludes halogenated alkanes) is 3. The van der Waals surface area contributed by atoms with Crippen LogP contribution in [0, 0.1) is 5.92 Å². The summed E-state index contributed by atoms with van der Waals surface area (Å²) in [5.74, 6) is 1.70. The van der Waals surface area contributed by atoms with Crippen LogP contribution >= 0.6 is 0 Å². The van der Waals surface area contributed by atoms with Crippen molar-refractivity contribution in [1.82, 2.24) is 0 Å². The van der Waals surface area contributed by atoms with Gasteiger partial charge in [0.15, 0.2) is 0 Å². The van der Waals surface area contributed by atoms with Crippen molar-refractivity contribution in [2.75, 3.05) is 0 Å². The summed E-state index contributed by atoms with van der Waals surface area (Å²) in [6.07, 6.45) is 19.9. The van der Waals surface area contributed by atoms with Crippen LogP contribution in [-0.2, 0) is 6.42 Å². The Kier molecular flexibility index (Phi) is 10.4. The first-order chi connectivity index (χ1) is 15.8. The summed E-state index contributed by atoms with van der Waals surface area (Å²) in [5, 5.41) is 8.48. The maximum Gasteiger partial charge on any atom is 0.0568 e. The van der Waals surface area contributed by atoms with Crippen molar-refractivity contribution in [1.29, 1.82) is 0 Å². The molecule has 0 radical (unpaired) electrons. The largest absolute Gasteiger partial charge is 0.159 e. The van der Waals surface area contributed by atoms with Gasteiger partial charge in [-0.25, -0.2) is 0 Å². The van der Waals surface area contributed by atoms with Crippen LogP contribution in [0.4, 0.5) is 0 Å². The highest BCUT2D eigenvalue weighted by Gasteiger charge is 2.21. The number of hydrogen-bond donors (Lipinski definition) is 0. The van der Waals surface area contributed by atoms with E-state index < -0.39 is 0 Å². The maximum absolute atomic E-state index is 4.25. The lowest BCUT2D eigenvalue weighted by Gasteiger charge is -2.28. The zero-order chi connectivity index (χ0) is 22.4. The van der Waals surface area contributed by atoms with Gasteiger partial charge in [-0.1, -0.05) is 80.8 Å². The van der Waals surface area contributed by atoms with Crippen molar-refractivity contribution < 1.29 is 0 Å². The first kappa shape index (κ1) is 24.2. The lowest BCUT2D eigenvalue weighted by Crippen LogP contribution is -2.13. The number of hydrogen-bond acceptors (Lipinski definition) is 2. The smallest absolute Gasteiger partial charge is 0.0568 e.